The summed E-state index contributed by atoms with van der Waals surface area (Å²) in [5.74, 6) is 0.783. The minimum absolute atomic E-state index is 0. The Kier molecular flexibility index (Phi) is 8.86. The van der Waals surface area contributed by atoms with Gasteiger partial charge in [0.25, 0.3) is 0 Å². The normalized spacial score (nSPS) is 20.3. The molecular weight excluding hydrogens is 345 g/mol. The topological polar surface area (TPSA) is 59.3 Å². The second-order valence-electron chi connectivity index (χ2n) is 6.48. The molecule has 1 aliphatic heterocycles. The van der Waals surface area contributed by atoms with Gasteiger partial charge in [0, 0.05) is 37.8 Å². The highest BCUT2D eigenvalue weighted by Crippen LogP contribution is 2.42. The van der Waals surface area contributed by atoms with Crippen LogP contribution in [0, 0.1) is 17.2 Å². The molecule has 1 saturated carbocycles. The zero-order valence-corrected chi connectivity index (χ0v) is 15.5. The predicted octanol–water partition coefficient (Wildman–Crippen LogP) is 3.63. The molecule has 0 aromatic heterocycles. The molecule has 2 fully saturated rings. The average molecular weight is 372 g/mol. The maximum Gasteiger partial charge on any atom is 0.138 e. The van der Waals surface area contributed by atoms with E-state index in [1.165, 1.54) is 32.1 Å². The first-order valence-corrected chi connectivity index (χ1v) is 8.48. The lowest BCUT2D eigenvalue weighted by Crippen LogP contribution is -2.47. The molecular formula is C18H27Cl2N3O. The van der Waals surface area contributed by atoms with Gasteiger partial charge in [-0.3, -0.25) is 4.90 Å². The molecule has 0 unspecified atom stereocenters. The summed E-state index contributed by atoms with van der Waals surface area (Å²) in [5.41, 5.74) is 1.35. The van der Waals surface area contributed by atoms with Crippen LogP contribution in [-0.4, -0.2) is 36.2 Å². The standard InChI is InChI=1S/C18H25N3O.2ClH/c19-13-15-7-4-8-16(18(15)22)17(14-5-2-1-3-6-14)21-11-9-20-10-12-21;;/h4,7-8,14,17,20,22H,1-3,5-6,9-12H2;2*1H/t17-;;/m1../s1. The van der Waals surface area contributed by atoms with E-state index in [4.69, 9.17) is 0 Å². The number of hydrogen-bond acceptors (Lipinski definition) is 4. The van der Waals surface area contributed by atoms with Crippen molar-refractivity contribution < 1.29 is 5.11 Å². The Morgan fingerprint density at radius 1 is 1.12 bits per heavy atom. The number of benzene rings is 1. The molecule has 2 aliphatic rings. The first-order chi connectivity index (χ1) is 10.8. The number of nitriles is 1. The van der Waals surface area contributed by atoms with Crippen molar-refractivity contribution in [1.82, 2.24) is 10.2 Å². The highest BCUT2D eigenvalue weighted by Gasteiger charge is 2.32. The summed E-state index contributed by atoms with van der Waals surface area (Å²) in [7, 11) is 0. The van der Waals surface area contributed by atoms with E-state index in [0.717, 1.165) is 31.7 Å². The fourth-order valence-electron chi connectivity index (χ4n) is 4.05. The summed E-state index contributed by atoms with van der Waals surface area (Å²) in [6.45, 7) is 4.03. The van der Waals surface area contributed by atoms with Crippen molar-refractivity contribution >= 4 is 24.8 Å². The second kappa shape index (κ2) is 10.1. The lowest BCUT2D eigenvalue weighted by molar-refractivity contribution is 0.101. The number of piperazine rings is 1. The van der Waals surface area contributed by atoms with E-state index < -0.39 is 0 Å². The van der Waals surface area contributed by atoms with Gasteiger partial charge >= 0.3 is 0 Å². The molecule has 0 amide bonds. The minimum atomic E-state index is 0. The lowest BCUT2D eigenvalue weighted by atomic mass is 9.79. The molecule has 1 saturated heterocycles. The molecule has 6 heteroatoms. The number of aromatic hydroxyl groups is 1. The molecule has 1 heterocycles. The minimum Gasteiger partial charge on any atom is -0.506 e. The number of phenolic OH excluding ortho intramolecular Hbond substituents is 1. The first kappa shape index (κ1) is 21.1. The molecule has 0 bridgehead atoms. The number of para-hydroxylation sites is 1. The predicted molar refractivity (Wildman–Crippen MR) is 101 cm³/mol. The zero-order valence-electron chi connectivity index (χ0n) is 13.9. The number of rotatable bonds is 3. The molecule has 1 atom stereocenters. The summed E-state index contributed by atoms with van der Waals surface area (Å²) in [4.78, 5) is 2.50. The Morgan fingerprint density at radius 2 is 1.79 bits per heavy atom. The van der Waals surface area contributed by atoms with Crippen LogP contribution >= 0.6 is 24.8 Å². The van der Waals surface area contributed by atoms with Crippen molar-refractivity contribution in [3.05, 3.63) is 29.3 Å². The first-order valence-electron chi connectivity index (χ1n) is 8.48. The van der Waals surface area contributed by atoms with Gasteiger partial charge in [0.1, 0.15) is 11.8 Å². The van der Waals surface area contributed by atoms with E-state index in [1.807, 2.05) is 12.1 Å². The van der Waals surface area contributed by atoms with Gasteiger partial charge in [0.05, 0.1) is 5.56 Å². The van der Waals surface area contributed by atoms with Crippen LogP contribution < -0.4 is 5.32 Å². The van der Waals surface area contributed by atoms with Crippen LogP contribution in [0.5, 0.6) is 5.75 Å². The number of hydrogen-bond donors (Lipinski definition) is 2. The molecule has 134 valence electrons. The summed E-state index contributed by atoms with van der Waals surface area (Å²) < 4.78 is 0. The lowest BCUT2D eigenvalue weighted by Gasteiger charge is -2.41. The van der Waals surface area contributed by atoms with Crippen LogP contribution in [0.25, 0.3) is 0 Å². The largest absolute Gasteiger partial charge is 0.506 e. The smallest absolute Gasteiger partial charge is 0.138 e. The van der Waals surface area contributed by atoms with E-state index in [-0.39, 0.29) is 36.6 Å². The summed E-state index contributed by atoms with van der Waals surface area (Å²) in [5, 5.41) is 23.2. The van der Waals surface area contributed by atoms with Gasteiger partial charge in [-0.1, -0.05) is 31.4 Å². The van der Waals surface area contributed by atoms with Crippen LogP contribution in [0.2, 0.25) is 0 Å². The third kappa shape index (κ3) is 4.55. The van der Waals surface area contributed by atoms with E-state index in [0.29, 0.717) is 11.5 Å². The van der Waals surface area contributed by atoms with E-state index >= 15 is 0 Å². The second-order valence-corrected chi connectivity index (χ2v) is 6.48. The van der Waals surface area contributed by atoms with Crippen LogP contribution in [0.15, 0.2) is 18.2 Å². The van der Waals surface area contributed by atoms with Crippen LogP contribution in [0.3, 0.4) is 0 Å². The molecule has 0 radical (unpaired) electrons. The van der Waals surface area contributed by atoms with Crippen LogP contribution in [0.1, 0.15) is 49.3 Å². The maximum absolute atomic E-state index is 10.6. The number of nitrogens with one attached hydrogen (secondary N) is 1. The van der Waals surface area contributed by atoms with Crippen LogP contribution in [-0.2, 0) is 0 Å². The van der Waals surface area contributed by atoms with E-state index in [2.05, 4.69) is 16.3 Å². The highest BCUT2D eigenvalue weighted by atomic mass is 35.5. The van der Waals surface area contributed by atoms with Crippen molar-refractivity contribution in [3.63, 3.8) is 0 Å². The van der Waals surface area contributed by atoms with Gasteiger partial charge in [-0.05, 0) is 24.8 Å². The monoisotopic (exact) mass is 371 g/mol. The molecule has 2 N–H and O–H groups in total. The Morgan fingerprint density at radius 3 is 2.42 bits per heavy atom. The molecule has 1 aliphatic carbocycles. The molecule has 1 aromatic carbocycles. The quantitative estimate of drug-likeness (QED) is 0.851. The van der Waals surface area contributed by atoms with Gasteiger partial charge in [0.2, 0.25) is 0 Å². The van der Waals surface area contributed by atoms with Gasteiger partial charge in [-0.25, -0.2) is 0 Å². The molecule has 0 spiro atoms. The van der Waals surface area contributed by atoms with Gasteiger partial charge in [0.15, 0.2) is 0 Å². The Balaban J connectivity index is 0.00000144. The summed E-state index contributed by atoms with van der Waals surface area (Å²) in [6, 6.07) is 7.98. The van der Waals surface area contributed by atoms with Crippen molar-refractivity contribution in [1.29, 1.82) is 5.26 Å². The summed E-state index contributed by atoms with van der Waals surface area (Å²) >= 11 is 0. The Bertz CT molecular complexity index is 532. The van der Waals surface area contributed by atoms with E-state index in [9.17, 15) is 10.4 Å². The van der Waals surface area contributed by atoms with Crippen molar-refractivity contribution in [2.45, 2.75) is 38.1 Å². The molecule has 24 heavy (non-hydrogen) atoms. The summed E-state index contributed by atoms with van der Waals surface area (Å²) in [6.07, 6.45) is 6.35. The average Bonchev–Trinajstić information content (AvgIpc) is 2.59. The molecule has 4 nitrogen and oxygen atoms in total. The maximum atomic E-state index is 10.6. The fraction of sp³-hybridized carbons (Fsp3) is 0.611. The third-order valence-corrected chi connectivity index (χ3v) is 5.15. The van der Waals surface area contributed by atoms with Crippen molar-refractivity contribution in [2.24, 2.45) is 5.92 Å². The SMILES string of the molecule is Cl.Cl.N#Cc1cccc([C@@H](C2CCCCC2)N2CCNCC2)c1O. The third-order valence-electron chi connectivity index (χ3n) is 5.15. The van der Waals surface area contributed by atoms with Gasteiger partial charge in [-0.15, -0.1) is 24.8 Å². The highest BCUT2D eigenvalue weighted by molar-refractivity contribution is 5.85. The van der Waals surface area contributed by atoms with E-state index in [1.54, 1.807) is 6.07 Å². The van der Waals surface area contributed by atoms with Gasteiger partial charge < -0.3 is 10.4 Å². The van der Waals surface area contributed by atoms with Crippen LogP contribution in [0.4, 0.5) is 0 Å². The fourth-order valence-corrected chi connectivity index (χ4v) is 4.05. The molecule has 3 rings (SSSR count). The molecule has 1 aromatic rings. The Labute approximate surface area is 157 Å². The van der Waals surface area contributed by atoms with Crippen molar-refractivity contribution in [2.75, 3.05) is 26.2 Å². The zero-order chi connectivity index (χ0) is 15.4. The number of halogens is 2. The van der Waals surface area contributed by atoms with Gasteiger partial charge in [-0.2, -0.15) is 5.26 Å². The Hall–Kier alpha value is -0.990. The van der Waals surface area contributed by atoms with Crippen molar-refractivity contribution in [3.8, 4) is 11.8 Å². The number of phenols is 1. The number of nitrogens with zero attached hydrogens (tertiary/aromatic N) is 2.